The summed E-state index contributed by atoms with van der Waals surface area (Å²) in [5.41, 5.74) is 2.56. The Morgan fingerprint density at radius 1 is 1.16 bits per heavy atom. The number of ether oxygens (including phenoxy) is 1. The Morgan fingerprint density at radius 3 is 2.42 bits per heavy atom. The molecule has 0 unspecified atom stereocenters. The van der Waals surface area contributed by atoms with E-state index in [1.54, 1.807) is 0 Å². The molecule has 2 heteroatoms. The molecule has 19 heavy (non-hydrogen) atoms. The zero-order valence-electron chi connectivity index (χ0n) is 13.1. The SMILES string of the molecule is CCC(CC)NCCOc1cc(C(C)C)ccc1C. The molecule has 0 aliphatic carbocycles. The molecule has 0 aliphatic heterocycles. The summed E-state index contributed by atoms with van der Waals surface area (Å²) in [7, 11) is 0. The van der Waals surface area contributed by atoms with Crippen LogP contribution in [0.4, 0.5) is 0 Å². The number of aryl methyl sites for hydroxylation is 1. The maximum absolute atomic E-state index is 5.90. The van der Waals surface area contributed by atoms with Gasteiger partial charge in [0.15, 0.2) is 0 Å². The number of benzene rings is 1. The minimum absolute atomic E-state index is 0.547. The van der Waals surface area contributed by atoms with Crippen molar-refractivity contribution in [3.05, 3.63) is 29.3 Å². The smallest absolute Gasteiger partial charge is 0.122 e. The first-order valence-corrected chi connectivity index (χ1v) is 7.55. The molecule has 1 N–H and O–H groups in total. The van der Waals surface area contributed by atoms with Crippen molar-refractivity contribution in [1.29, 1.82) is 0 Å². The fraction of sp³-hybridized carbons (Fsp3) is 0.647. The summed E-state index contributed by atoms with van der Waals surface area (Å²) < 4.78 is 5.90. The van der Waals surface area contributed by atoms with E-state index in [9.17, 15) is 0 Å². The molecule has 1 rings (SSSR count). The zero-order chi connectivity index (χ0) is 14.3. The van der Waals surface area contributed by atoms with Gasteiger partial charge in [-0.2, -0.15) is 0 Å². The Hall–Kier alpha value is -1.02. The van der Waals surface area contributed by atoms with Crippen LogP contribution in [0.15, 0.2) is 18.2 Å². The predicted octanol–water partition coefficient (Wildman–Crippen LogP) is 4.28. The van der Waals surface area contributed by atoms with E-state index in [0.29, 0.717) is 12.0 Å². The molecule has 0 bridgehead atoms. The van der Waals surface area contributed by atoms with Crippen LogP contribution < -0.4 is 10.1 Å². The Kier molecular flexibility index (Phi) is 6.93. The van der Waals surface area contributed by atoms with Gasteiger partial charge in [-0.05, 0) is 42.9 Å². The average Bonchev–Trinajstić information content (AvgIpc) is 2.40. The number of rotatable bonds is 8. The zero-order valence-corrected chi connectivity index (χ0v) is 13.1. The third kappa shape index (κ3) is 5.23. The first kappa shape index (κ1) is 16.0. The van der Waals surface area contributed by atoms with E-state index in [1.807, 2.05) is 0 Å². The molecule has 108 valence electrons. The molecular weight excluding hydrogens is 234 g/mol. The molecule has 2 nitrogen and oxygen atoms in total. The maximum atomic E-state index is 5.90. The van der Waals surface area contributed by atoms with Crippen molar-refractivity contribution in [3.8, 4) is 5.75 Å². The van der Waals surface area contributed by atoms with Crippen LogP contribution in [0.25, 0.3) is 0 Å². The standard InChI is InChI=1S/C17H29NO/c1-6-16(7-2)18-10-11-19-17-12-15(13(3)4)9-8-14(17)5/h8-9,12-13,16,18H,6-7,10-11H2,1-5H3. The highest BCUT2D eigenvalue weighted by atomic mass is 16.5. The van der Waals surface area contributed by atoms with Gasteiger partial charge in [0.25, 0.3) is 0 Å². The van der Waals surface area contributed by atoms with Crippen molar-refractivity contribution in [2.24, 2.45) is 0 Å². The normalized spacial score (nSPS) is 11.3. The molecule has 0 saturated heterocycles. The van der Waals surface area contributed by atoms with Crippen molar-refractivity contribution < 1.29 is 4.74 Å². The average molecular weight is 263 g/mol. The molecule has 0 aliphatic rings. The summed E-state index contributed by atoms with van der Waals surface area (Å²) in [4.78, 5) is 0. The lowest BCUT2D eigenvalue weighted by atomic mass is 10.0. The second-order valence-corrected chi connectivity index (χ2v) is 5.50. The van der Waals surface area contributed by atoms with Crippen LogP contribution in [0.3, 0.4) is 0 Å². The van der Waals surface area contributed by atoms with Crippen molar-refractivity contribution in [2.45, 2.75) is 59.4 Å². The summed E-state index contributed by atoms with van der Waals surface area (Å²) in [5.74, 6) is 1.57. The van der Waals surface area contributed by atoms with Crippen LogP contribution in [-0.4, -0.2) is 19.2 Å². The molecule has 0 heterocycles. The predicted molar refractivity (Wildman–Crippen MR) is 83.1 cm³/mol. The van der Waals surface area contributed by atoms with E-state index in [4.69, 9.17) is 4.74 Å². The Balaban J connectivity index is 2.46. The number of hydrogen-bond acceptors (Lipinski definition) is 2. The quantitative estimate of drug-likeness (QED) is 0.707. The van der Waals surface area contributed by atoms with Crippen molar-refractivity contribution in [3.63, 3.8) is 0 Å². The van der Waals surface area contributed by atoms with Gasteiger partial charge in [0.2, 0.25) is 0 Å². The Morgan fingerprint density at radius 2 is 1.84 bits per heavy atom. The molecule has 0 aromatic heterocycles. The van der Waals surface area contributed by atoms with Gasteiger partial charge < -0.3 is 10.1 Å². The van der Waals surface area contributed by atoms with Crippen LogP contribution in [0, 0.1) is 6.92 Å². The monoisotopic (exact) mass is 263 g/mol. The van der Waals surface area contributed by atoms with Crippen LogP contribution >= 0.6 is 0 Å². The van der Waals surface area contributed by atoms with Crippen LogP contribution in [0.1, 0.15) is 57.6 Å². The Bertz CT molecular complexity index is 370. The fourth-order valence-electron chi connectivity index (χ4n) is 2.13. The fourth-order valence-corrected chi connectivity index (χ4v) is 2.13. The van der Waals surface area contributed by atoms with Crippen molar-refractivity contribution in [1.82, 2.24) is 5.32 Å². The second-order valence-electron chi connectivity index (χ2n) is 5.50. The van der Waals surface area contributed by atoms with E-state index in [0.717, 1.165) is 18.9 Å². The lowest BCUT2D eigenvalue weighted by Gasteiger charge is -2.16. The van der Waals surface area contributed by atoms with Gasteiger partial charge in [-0.15, -0.1) is 0 Å². The summed E-state index contributed by atoms with van der Waals surface area (Å²) in [5, 5.41) is 3.52. The lowest BCUT2D eigenvalue weighted by molar-refractivity contribution is 0.300. The van der Waals surface area contributed by atoms with E-state index in [-0.39, 0.29) is 0 Å². The van der Waals surface area contributed by atoms with Gasteiger partial charge in [0.05, 0.1) is 0 Å². The van der Waals surface area contributed by atoms with Gasteiger partial charge in [0, 0.05) is 12.6 Å². The highest BCUT2D eigenvalue weighted by Crippen LogP contribution is 2.24. The van der Waals surface area contributed by atoms with Gasteiger partial charge in [-0.1, -0.05) is 39.8 Å². The molecular formula is C17H29NO. The molecule has 1 aromatic carbocycles. The van der Waals surface area contributed by atoms with E-state index in [1.165, 1.54) is 24.0 Å². The largest absolute Gasteiger partial charge is 0.492 e. The summed E-state index contributed by atoms with van der Waals surface area (Å²) in [6.45, 7) is 12.6. The Labute approximate surface area is 118 Å². The molecule has 1 aromatic rings. The molecule has 0 atom stereocenters. The molecule has 0 spiro atoms. The van der Waals surface area contributed by atoms with Crippen molar-refractivity contribution in [2.75, 3.05) is 13.2 Å². The van der Waals surface area contributed by atoms with Crippen LogP contribution in [0.5, 0.6) is 5.75 Å². The number of hydrogen-bond donors (Lipinski definition) is 1. The van der Waals surface area contributed by atoms with Crippen LogP contribution in [-0.2, 0) is 0 Å². The third-order valence-electron chi connectivity index (χ3n) is 3.66. The summed E-state index contributed by atoms with van der Waals surface area (Å²) in [6, 6.07) is 7.14. The maximum Gasteiger partial charge on any atom is 0.122 e. The summed E-state index contributed by atoms with van der Waals surface area (Å²) in [6.07, 6.45) is 2.36. The summed E-state index contributed by atoms with van der Waals surface area (Å²) >= 11 is 0. The third-order valence-corrected chi connectivity index (χ3v) is 3.66. The van der Waals surface area contributed by atoms with E-state index < -0.39 is 0 Å². The molecule has 0 radical (unpaired) electrons. The minimum atomic E-state index is 0.547. The van der Waals surface area contributed by atoms with Gasteiger partial charge in [0.1, 0.15) is 12.4 Å². The number of nitrogens with one attached hydrogen (secondary N) is 1. The van der Waals surface area contributed by atoms with E-state index >= 15 is 0 Å². The minimum Gasteiger partial charge on any atom is -0.492 e. The van der Waals surface area contributed by atoms with E-state index in [2.05, 4.69) is 58.1 Å². The van der Waals surface area contributed by atoms with Crippen molar-refractivity contribution >= 4 is 0 Å². The molecule has 0 saturated carbocycles. The second kappa shape index (κ2) is 8.21. The van der Waals surface area contributed by atoms with Crippen LogP contribution in [0.2, 0.25) is 0 Å². The lowest BCUT2D eigenvalue weighted by Crippen LogP contribution is -2.31. The first-order chi connectivity index (χ1) is 9.08. The first-order valence-electron chi connectivity index (χ1n) is 7.55. The van der Waals surface area contributed by atoms with Gasteiger partial charge in [-0.3, -0.25) is 0 Å². The highest BCUT2D eigenvalue weighted by molar-refractivity contribution is 5.37. The highest BCUT2D eigenvalue weighted by Gasteiger charge is 2.05. The topological polar surface area (TPSA) is 21.3 Å². The molecule has 0 fully saturated rings. The molecule has 0 amide bonds. The van der Waals surface area contributed by atoms with Gasteiger partial charge >= 0.3 is 0 Å². The van der Waals surface area contributed by atoms with Gasteiger partial charge in [-0.25, -0.2) is 0 Å².